The first kappa shape index (κ1) is 12.9. The van der Waals surface area contributed by atoms with Gasteiger partial charge in [0.1, 0.15) is 0 Å². The van der Waals surface area contributed by atoms with Crippen molar-refractivity contribution in [1.29, 1.82) is 0 Å². The molecule has 0 aromatic heterocycles. The number of nitrogens with zero attached hydrogens (tertiary/aromatic N) is 1. The molecule has 3 N–H and O–H groups in total. The highest BCUT2D eigenvalue weighted by molar-refractivity contribution is 4.96. The average Bonchev–Trinajstić information content (AvgIpc) is 2.63. The fraction of sp³-hybridized carbons (Fsp3) is 1.00. The van der Waals surface area contributed by atoms with E-state index in [2.05, 4.69) is 18.7 Å². The van der Waals surface area contributed by atoms with Gasteiger partial charge < -0.3 is 15.7 Å². The minimum absolute atomic E-state index is 0.149. The standard InChI is InChI=1S/C12H26N2O/c1-3-14(4-2)9-7-11-6-5-8-12(11,13)10-15/h11,15H,3-10,13H2,1-2H3. The van der Waals surface area contributed by atoms with Crippen LogP contribution in [-0.4, -0.2) is 41.8 Å². The second kappa shape index (κ2) is 5.83. The molecule has 0 saturated heterocycles. The number of aliphatic hydroxyl groups is 1. The van der Waals surface area contributed by atoms with Crippen molar-refractivity contribution in [2.24, 2.45) is 11.7 Å². The summed E-state index contributed by atoms with van der Waals surface area (Å²) in [5.41, 5.74) is 5.92. The van der Waals surface area contributed by atoms with Crippen molar-refractivity contribution in [3.63, 3.8) is 0 Å². The van der Waals surface area contributed by atoms with Gasteiger partial charge >= 0.3 is 0 Å². The lowest BCUT2D eigenvalue weighted by Crippen LogP contribution is -2.47. The van der Waals surface area contributed by atoms with Crippen LogP contribution >= 0.6 is 0 Å². The second-order valence-corrected chi connectivity index (χ2v) is 4.80. The van der Waals surface area contributed by atoms with E-state index in [9.17, 15) is 5.11 Å². The topological polar surface area (TPSA) is 49.5 Å². The fourth-order valence-corrected chi connectivity index (χ4v) is 2.69. The monoisotopic (exact) mass is 214 g/mol. The Balaban J connectivity index is 2.37. The summed E-state index contributed by atoms with van der Waals surface area (Å²) in [5.74, 6) is 0.517. The van der Waals surface area contributed by atoms with Crippen LogP contribution in [0.1, 0.15) is 39.5 Å². The van der Waals surface area contributed by atoms with Gasteiger partial charge in [0.05, 0.1) is 6.61 Å². The van der Waals surface area contributed by atoms with Crippen molar-refractivity contribution in [2.75, 3.05) is 26.2 Å². The highest BCUT2D eigenvalue weighted by atomic mass is 16.3. The zero-order valence-corrected chi connectivity index (χ0v) is 10.2. The van der Waals surface area contributed by atoms with Crippen LogP contribution in [0.5, 0.6) is 0 Å². The maximum Gasteiger partial charge on any atom is 0.0613 e. The molecular formula is C12H26N2O. The molecule has 90 valence electrons. The van der Waals surface area contributed by atoms with Crippen LogP contribution in [0, 0.1) is 5.92 Å². The molecule has 0 aliphatic heterocycles. The smallest absolute Gasteiger partial charge is 0.0613 e. The molecule has 1 fully saturated rings. The van der Waals surface area contributed by atoms with E-state index >= 15 is 0 Å². The Morgan fingerprint density at radius 1 is 1.40 bits per heavy atom. The van der Waals surface area contributed by atoms with Crippen molar-refractivity contribution >= 4 is 0 Å². The van der Waals surface area contributed by atoms with E-state index in [1.165, 1.54) is 12.8 Å². The molecule has 0 radical (unpaired) electrons. The van der Waals surface area contributed by atoms with Gasteiger partial charge in [0.2, 0.25) is 0 Å². The largest absolute Gasteiger partial charge is 0.394 e. The molecule has 0 spiro atoms. The molecule has 1 aliphatic carbocycles. The Bertz CT molecular complexity index is 182. The normalized spacial score (nSPS) is 31.4. The van der Waals surface area contributed by atoms with Gasteiger partial charge in [-0.2, -0.15) is 0 Å². The van der Waals surface area contributed by atoms with Crippen LogP contribution in [0.15, 0.2) is 0 Å². The number of nitrogens with two attached hydrogens (primary N) is 1. The molecule has 0 aromatic carbocycles. The average molecular weight is 214 g/mol. The predicted octanol–water partition coefficient (Wildman–Crippen LogP) is 1.21. The van der Waals surface area contributed by atoms with Crippen LogP contribution in [0.2, 0.25) is 0 Å². The van der Waals surface area contributed by atoms with E-state index in [-0.39, 0.29) is 12.1 Å². The van der Waals surface area contributed by atoms with Gasteiger partial charge in [-0.15, -0.1) is 0 Å². The van der Waals surface area contributed by atoms with E-state index in [1.54, 1.807) is 0 Å². The lowest BCUT2D eigenvalue weighted by molar-refractivity contribution is 0.145. The summed E-state index contributed by atoms with van der Waals surface area (Å²) in [4.78, 5) is 2.43. The van der Waals surface area contributed by atoms with Crippen LogP contribution in [0.3, 0.4) is 0 Å². The number of hydrogen-bond acceptors (Lipinski definition) is 3. The molecule has 1 saturated carbocycles. The predicted molar refractivity (Wildman–Crippen MR) is 63.8 cm³/mol. The molecule has 3 nitrogen and oxygen atoms in total. The van der Waals surface area contributed by atoms with E-state index in [0.29, 0.717) is 5.92 Å². The molecule has 1 rings (SSSR count). The van der Waals surface area contributed by atoms with E-state index in [0.717, 1.165) is 32.5 Å². The first-order chi connectivity index (χ1) is 7.16. The molecule has 0 heterocycles. The second-order valence-electron chi connectivity index (χ2n) is 4.80. The molecule has 3 heteroatoms. The Morgan fingerprint density at radius 3 is 2.60 bits per heavy atom. The molecule has 15 heavy (non-hydrogen) atoms. The summed E-state index contributed by atoms with van der Waals surface area (Å²) < 4.78 is 0. The van der Waals surface area contributed by atoms with Crippen LogP contribution in [0.4, 0.5) is 0 Å². The molecule has 2 atom stereocenters. The summed E-state index contributed by atoms with van der Waals surface area (Å²) in [6.07, 6.45) is 4.50. The van der Waals surface area contributed by atoms with Gasteiger partial charge in [-0.05, 0) is 44.8 Å². The molecular weight excluding hydrogens is 188 g/mol. The van der Waals surface area contributed by atoms with Crippen LogP contribution in [-0.2, 0) is 0 Å². The fourth-order valence-electron chi connectivity index (χ4n) is 2.69. The third-order valence-corrected chi connectivity index (χ3v) is 3.99. The van der Waals surface area contributed by atoms with Crippen LogP contribution in [0.25, 0.3) is 0 Å². The molecule has 0 aromatic rings. The highest BCUT2D eigenvalue weighted by Crippen LogP contribution is 2.35. The van der Waals surface area contributed by atoms with Crippen molar-refractivity contribution in [2.45, 2.75) is 45.1 Å². The van der Waals surface area contributed by atoms with E-state index in [4.69, 9.17) is 5.73 Å². The van der Waals surface area contributed by atoms with Gasteiger partial charge in [0.15, 0.2) is 0 Å². The first-order valence-corrected chi connectivity index (χ1v) is 6.28. The van der Waals surface area contributed by atoms with Gasteiger partial charge in [0.25, 0.3) is 0 Å². The molecule has 0 bridgehead atoms. The van der Waals surface area contributed by atoms with Crippen molar-refractivity contribution < 1.29 is 5.11 Å². The third-order valence-electron chi connectivity index (χ3n) is 3.99. The van der Waals surface area contributed by atoms with Gasteiger partial charge in [-0.3, -0.25) is 0 Å². The highest BCUT2D eigenvalue weighted by Gasteiger charge is 2.38. The number of aliphatic hydroxyl groups excluding tert-OH is 1. The summed E-state index contributed by atoms with van der Waals surface area (Å²) in [6.45, 7) is 7.88. The minimum Gasteiger partial charge on any atom is -0.394 e. The lowest BCUT2D eigenvalue weighted by atomic mass is 9.86. The molecule has 2 unspecified atom stereocenters. The minimum atomic E-state index is -0.285. The van der Waals surface area contributed by atoms with Crippen molar-refractivity contribution in [3.8, 4) is 0 Å². The van der Waals surface area contributed by atoms with E-state index in [1.807, 2.05) is 0 Å². The number of rotatable bonds is 6. The first-order valence-electron chi connectivity index (χ1n) is 6.28. The Labute approximate surface area is 93.6 Å². The maximum absolute atomic E-state index is 9.34. The third kappa shape index (κ3) is 3.16. The van der Waals surface area contributed by atoms with Crippen molar-refractivity contribution in [3.05, 3.63) is 0 Å². The zero-order valence-electron chi connectivity index (χ0n) is 10.2. The SMILES string of the molecule is CCN(CC)CCC1CCCC1(N)CO. The lowest BCUT2D eigenvalue weighted by Gasteiger charge is -2.31. The van der Waals surface area contributed by atoms with E-state index < -0.39 is 0 Å². The Hall–Kier alpha value is -0.120. The van der Waals surface area contributed by atoms with Gasteiger partial charge in [-0.1, -0.05) is 20.3 Å². The summed E-state index contributed by atoms with van der Waals surface area (Å²) in [7, 11) is 0. The van der Waals surface area contributed by atoms with Gasteiger partial charge in [0, 0.05) is 5.54 Å². The quantitative estimate of drug-likeness (QED) is 0.698. The summed E-state index contributed by atoms with van der Waals surface area (Å²) >= 11 is 0. The van der Waals surface area contributed by atoms with Crippen LogP contribution < -0.4 is 5.73 Å². The Morgan fingerprint density at radius 2 is 2.07 bits per heavy atom. The maximum atomic E-state index is 9.34. The Kier molecular flexibility index (Phi) is 5.03. The van der Waals surface area contributed by atoms with Crippen molar-refractivity contribution in [1.82, 2.24) is 4.90 Å². The number of hydrogen-bond donors (Lipinski definition) is 2. The molecule has 0 amide bonds. The summed E-state index contributed by atoms with van der Waals surface area (Å²) in [6, 6.07) is 0. The molecule has 1 aliphatic rings. The summed E-state index contributed by atoms with van der Waals surface area (Å²) in [5, 5.41) is 9.34. The van der Waals surface area contributed by atoms with Gasteiger partial charge in [-0.25, -0.2) is 0 Å². The zero-order chi connectivity index (χ0) is 11.3.